The topological polar surface area (TPSA) is 28.7 Å². The molecule has 0 atom stereocenters. The second-order valence-corrected chi connectivity index (χ2v) is 5.26. The summed E-state index contributed by atoms with van der Waals surface area (Å²) in [5.74, 6) is 0. The van der Waals surface area contributed by atoms with E-state index in [1.807, 2.05) is 6.92 Å². The Kier molecular flexibility index (Phi) is 2.71. The summed E-state index contributed by atoms with van der Waals surface area (Å²) >= 11 is 6.89. The molecule has 0 saturated carbocycles. The number of H-pyrrole nitrogens is 1. The molecule has 0 unspecified atom stereocenters. The molecule has 4 heteroatoms. The van der Waals surface area contributed by atoms with Crippen LogP contribution in [0.3, 0.4) is 0 Å². The van der Waals surface area contributed by atoms with Crippen molar-refractivity contribution in [2.75, 3.05) is 0 Å². The van der Waals surface area contributed by atoms with E-state index in [1.54, 1.807) is 11.3 Å². The van der Waals surface area contributed by atoms with Crippen molar-refractivity contribution in [3.63, 3.8) is 0 Å². The van der Waals surface area contributed by atoms with Crippen molar-refractivity contribution < 1.29 is 0 Å². The van der Waals surface area contributed by atoms with E-state index in [-0.39, 0.29) is 0 Å². The van der Waals surface area contributed by atoms with Crippen LogP contribution >= 0.6 is 23.6 Å². The Bertz CT molecular complexity index is 552. The van der Waals surface area contributed by atoms with Crippen molar-refractivity contribution in [3.05, 3.63) is 32.8 Å². The molecule has 0 fully saturated rings. The van der Waals surface area contributed by atoms with Crippen LogP contribution in [0.1, 0.15) is 16.0 Å². The highest BCUT2D eigenvalue weighted by molar-refractivity contribution is 7.71. The Morgan fingerprint density at radius 2 is 1.93 bits per heavy atom. The van der Waals surface area contributed by atoms with Crippen LogP contribution in [-0.2, 0) is 0 Å². The Hall–Kier alpha value is -1.00. The molecule has 2 aromatic rings. The van der Waals surface area contributed by atoms with Gasteiger partial charge in [0.15, 0.2) is 0 Å². The van der Waals surface area contributed by atoms with E-state index in [9.17, 15) is 0 Å². The second kappa shape index (κ2) is 3.87. The van der Waals surface area contributed by atoms with Crippen molar-refractivity contribution in [3.8, 4) is 10.6 Å². The van der Waals surface area contributed by atoms with Gasteiger partial charge in [-0.3, -0.25) is 5.10 Å². The molecule has 2 nitrogen and oxygen atoms in total. The lowest BCUT2D eigenvalue weighted by atomic mass is 10.1. The molecule has 0 aromatic carbocycles. The number of nitrogens with one attached hydrogen (secondary N) is 1. The lowest BCUT2D eigenvalue weighted by Gasteiger charge is -2.04. The molecule has 78 valence electrons. The molecule has 0 amide bonds. The van der Waals surface area contributed by atoms with Gasteiger partial charge in [0.2, 0.25) is 0 Å². The first-order chi connectivity index (χ1) is 7.09. The van der Waals surface area contributed by atoms with E-state index in [2.05, 4.69) is 36.2 Å². The quantitative estimate of drug-likeness (QED) is 0.763. The third kappa shape index (κ3) is 1.87. The average molecular weight is 236 g/mol. The molecular formula is C11H12N2S2. The van der Waals surface area contributed by atoms with Gasteiger partial charge in [0.25, 0.3) is 0 Å². The van der Waals surface area contributed by atoms with Crippen molar-refractivity contribution in [2.45, 2.75) is 20.8 Å². The number of aryl methyl sites for hydroxylation is 1. The summed E-state index contributed by atoms with van der Waals surface area (Å²) in [5, 5.41) is 7.19. The molecule has 1 N–H and O–H groups in total. The Morgan fingerprint density at radius 3 is 2.53 bits per heavy atom. The van der Waals surface area contributed by atoms with E-state index in [1.165, 1.54) is 15.3 Å². The fraction of sp³-hybridized carbons (Fsp3) is 0.273. The molecule has 0 saturated heterocycles. The molecule has 0 spiro atoms. The lowest BCUT2D eigenvalue weighted by Crippen LogP contribution is -1.94. The largest absolute Gasteiger partial charge is 0.267 e. The highest BCUT2D eigenvalue weighted by Crippen LogP contribution is 2.29. The van der Waals surface area contributed by atoms with Crippen LogP contribution in [0, 0.1) is 25.4 Å². The van der Waals surface area contributed by atoms with Gasteiger partial charge in [-0.05, 0) is 44.0 Å². The molecule has 15 heavy (non-hydrogen) atoms. The van der Waals surface area contributed by atoms with E-state index < -0.39 is 0 Å². The normalized spacial score (nSPS) is 10.6. The van der Waals surface area contributed by atoms with Crippen LogP contribution in [0.15, 0.2) is 12.1 Å². The number of rotatable bonds is 1. The monoisotopic (exact) mass is 236 g/mol. The first kappa shape index (κ1) is 10.5. The maximum atomic E-state index is 5.14. The zero-order valence-electron chi connectivity index (χ0n) is 8.92. The standard InChI is InChI=1S/C11H12N2S2/c1-6-4-5-9(15-6)10-7(2)8(3)11(14)13-12-10/h4-5H,1-3H3,(H,13,14). The van der Waals surface area contributed by atoms with Crippen molar-refractivity contribution in [1.82, 2.24) is 10.2 Å². The fourth-order valence-electron chi connectivity index (χ4n) is 1.42. The minimum Gasteiger partial charge on any atom is -0.267 e. The molecular weight excluding hydrogens is 224 g/mol. The SMILES string of the molecule is Cc1ccc(-c2n[nH]c(=S)c(C)c2C)s1. The smallest absolute Gasteiger partial charge is 0.122 e. The average Bonchev–Trinajstić information content (AvgIpc) is 2.61. The summed E-state index contributed by atoms with van der Waals surface area (Å²) < 4.78 is 0.726. The first-order valence-electron chi connectivity index (χ1n) is 4.72. The van der Waals surface area contributed by atoms with Gasteiger partial charge < -0.3 is 0 Å². The van der Waals surface area contributed by atoms with Gasteiger partial charge in [-0.15, -0.1) is 11.3 Å². The summed E-state index contributed by atoms with van der Waals surface area (Å²) in [6, 6.07) is 4.21. The molecule has 0 aliphatic heterocycles. The van der Waals surface area contributed by atoms with Gasteiger partial charge >= 0.3 is 0 Å². The Balaban J connectivity index is 2.64. The lowest BCUT2D eigenvalue weighted by molar-refractivity contribution is 0.990. The van der Waals surface area contributed by atoms with Crippen LogP contribution in [-0.4, -0.2) is 10.2 Å². The van der Waals surface area contributed by atoms with Crippen LogP contribution in [0.5, 0.6) is 0 Å². The van der Waals surface area contributed by atoms with Gasteiger partial charge in [0, 0.05) is 4.88 Å². The summed E-state index contributed by atoms with van der Waals surface area (Å²) in [7, 11) is 0. The molecule has 2 aromatic heterocycles. The fourth-order valence-corrected chi connectivity index (χ4v) is 2.54. The molecule has 2 rings (SSSR count). The van der Waals surface area contributed by atoms with Gasteiger partial charge in [-0.25, -0.2) is 0 Å². The zero-order valence-corrected chi connectivity index (χ0v) is 10.6. The van der Waals surface area contributed by atoms with Crippen LogP contribution in [0.2, 0.25) is 0 Å². The van der Waals surface area contributed by atoms with Gasteiger partial charge in [0.1, 0.15) is 10.3 Å². The number of aromatic nitrogens is 2. The Morgan fingerprint density at radius 1 is 1.20 bits per heavy atom. The predicted octanol–water partition coefficient (Wildman–Crippen LogP) is 3.79. The summed E-state index contributed by atoms with van der Waals surface area (Å²) in [5.41, 5.74) is 3.29. The molecule has 0 aliphatic rings. The Labute approximate surface area is 98.0 Å². The van der Waals surface area contributed by atoms with Crippen LogP contribution < -0.4 is 0 Å². The third-order valence-electron chi connectivity index (χ3n) is 2.50. The number of hydrogen-bond donors (Lipinski definition) is 1. The minimum absolute atomic E-state index is 0.726. The van der Waals surface area contributed by atoms with Gasteiger partial charge in [-0.1, -0.05) is 12.2 Å². The zero-order chi connectivity index (χ0) is 11.0. The maximum absolute atomic E-state index is 5.14. The molecule has 0 radical (unpaired) electrons. The van der Waals surface area contributed by atoms with Crippen LogP contribution in [0.25, 0.3) is 10.6 Å². The van der Waals surface area contributed by atoms with Crippen LogP contribution in [0.4, 0.5) is 0 Å². The highest BCUT2D eigenvalue weighted by atomic mass is 32.1. The van der Waals surface area contributed by atoms with Gasteiger partial charge in [0.05, 0.1) is 4.88 Å². The minimum atomic E-state index is 0.726. The summed E-state index contributed by atoms with van der Waals surface area (Å²) in [6.07, 6.45) is 0. The van der Waals surface area contributed by atoms with E-state index in [0.29, 0.717) is 0 Å². The molecule has 2 heterocycles. The number of hydrogen-bond acceptors (Lipinski definition) is 3. The van der Waals surface area contributed by atoms with E-state index in [4.69, 9.17) is 12.2 Å². The van der Waals surface area contributed by atoms with E-state index in [0.717, 1.165) is 15.9 Å². The predicted molar refractivity (Wildman–Crippen MR) is 66.9 cm³/mol. The number of nitrogens with zero attached hydrogens (tertiary/aromatic N) is 1. The van der Waals surface area contributed by atoms with Crippen molar-refractivity contribution in [2.24, 2.45) is 0 Å². The van der Waals surface area contributed by atoms with Crippen molar-refractivity contribution >= 4 is 23.6 Å². The molecule has 0 bridgehead atoms. The second-order valence-electron chi connectivity index (χ2n) is 3.56. The number of thiophene rings is 1. The van der Waals surface area contributed by atoms with E-state index >= 15 is 0 Å². The third-order valence-corrected chi connectivity index (χ3v) is 3.91. The van der Waals surface area contributed by atoms with Gasteiger partial charge in [-0.2, -0.15) is 5.10 Å². The highest BCUT2D eigenvalue weighted by Gasteiger charge is 2.08. The number of aromatic amines is 1. The van der Waals surface area contributed by atoms with Crippen molar-refractivity contribution in [1.29, 1.82) is 0 Å². The summed E-state index contributed by atoms with van der Waals surface area (Å²) in [6.45, 7) is 6.19. The first-order valence-corrected chi connectivity index (χ1v) is 5.95. The summed E-state index contributed by atoms with van der Waals surface area (Å²) in [4.78, 5) is 2.49. The molecule has 0 aliphatic carbocycles. The maximum Gasteiger partial charge on any atom is 0.122 e.